The third-order valence-electron chi connectivity index (χ3n) is 2.96. The maximum atomic E-state index is 10.6. The number of nitro benzene ring substituents is 1. The first-order chi connectivity index (χ1) is 8.58. The number of benzene rings is 1. The SMILES string of the molecule is CCCC(CC)NCc1ccc([N+](=O)[O-])cc1Br. The number of hydrogen-bond acceptors (Lipinski definition) is 3. The van der Waals surface area contributed by atoms with Crippen molar-refractivity contribution < 1.29 is 4.92 Å². The lowest BCUT2D eigenvalue weighted by molar-refractivity contribution is -0.384. The smallest absolute Gasteiger partial charge is 0.270 e. The van der Waals surface area contributed by atoms with Crippen molar-refractivity contribution in [2.75, 3.05) is 0 Å². The molecule has 1 rings (SSSR count). The van der Waals surface area contributed by atoms with E-state index in [4.69, 9.17) is 0 Å². The van der Waals surface area contributed by atoms with Crippen LogP contribution < -0.4 is 5.32 Å². The number of nitrogens with one attached hydrogen (secondary N) is 1. The molecule has 0 saturated heterocycles. The Morgan fingerprint density at radius 1 is 1.44 bits per heavy atom. The minimum absolute atomic E-state index is 0.117. The predicted molar refractivity (Wildman–Crippen MR) is 76.6 cm³/mol. The second-order valence-electron chi connectivity index (χ2n) is 4.31. The lowest BCUT2D eigenvalue weighted by Crippen LogP contribution is -2.27. The van der Waals surface area contributed by atoms with Gasteiger partial charge in [-0.15, -0.1) is 0 Å². The highest BCUT2D eigenvalue weighted by Gasteiger charge is 2.10. The first-order valence-electron chi connectivity index (χ1n) is 6.24. The molecule has 0 amide bonds. The number of rotatable bonds is 7. The Labute approximate surface area is 116 Å². The maximum Gasteiger partial charge on any atom is 0.270 e. The maximum absolute atomic E-state index is 10.6. The van der Waals surface area contributed by atoms with Crippen molar-refractivity contribution in [2.45, 2.75) is 45.7 Å². The van der Waals surface area contributed by atoms with Gasteiger partial charge in [-0.3, -0.25) is 10.1 Å². The van der Waals surface area contributed by atoms with Crippen LogP contribution >= 0.6 is 15.9 Å². The second kappa shape index (κ2) is 7.48. The Hall–Kier alpha value is -0.940. The number of nitrogens with zero attached hydrogens (tertiary/aromatic N) is 1. The lowest BCUT2D eigenvalue weighted by atomic mass is 10.1. The Kier molecular flexibility index (Phi) is 6.29. The highest BCUT2D eigenvalue weighted by atomic mass is 79.9. The molecular formula is C13H19BrN2O2. The summed E-state index contributed by atoms with van der Waals surface area (Å²) in [6, 6.07) is 5.41. The first kappa shape index (κ1) is 15.1. The Morgan fingerprint density at radius 3 is 2.67 bits per heavy atom. The molecule has 1 aromatic rings. The van der Waals surface area contributed by atoms with Gasteiger partial charge in [0.15, 0.2) is 0 Å². The average molecular weight is 315 g/mol. The van der Waals surface area contributed by atoms with Crippen LogP contribution in [0.3, 0.4) is 0 Å². The molecule has 0 heterocycles. The van der Waals surface area contributed by atoms with Gasteiger partial charge in [0.2, 0.25) is 0 Å². The molecule has 0 bridgehead atoms. The van der Waals surface area contributed by atoms with E-state index in [1.807, 2.05) is 0 Å². The fourth-order valence-electron chi connectivity index (χ4n) is 1.85. The second-order valence-corrected chi connectivity index (χ2v) is 5.16. The third kappa shape index (κ3) is 4.38. The van der Waals surface area contributed by atoms with Gasteiger partial charge in [-0.25, -0.2) is 0 Å². The number of hydrogen-bond donors (Lipinski definition) is 1. The summed E-state index contributed by atoms with van der Waals surface area (Å²) in [5.74, 6) is 0. The molecule has 0 saturated carbocycles. The van der Waals surface area contributed by atoms with E-state index in [-0.39, 0.29) is 10.6 Å². The standard InChI is InChI=1S/C13H19BrN2O2/c1-3-5-11(4-2)15-9-10-6-7-12(16(17)18)8-13(10)14/h6-8,11,15H,3-5,9H2,1-2H3. The molecule has 0 aliphatic rings. The van der Waals surface area contributed by atoms with E-state index in [0.29, 0.717) is 6.04 Å². The molecule has 0 spiro atoms. The van der Waals surface area contributed by atoms with Gasteiger partial charge < -0.3 is 5.32 Å². The van der Waals surface area contributed by atoms with E-state index in [2.05, 4.69) is 35.1 Å². The molecule has 4 nitrogen and oxygen atoms in total. The molecule has 1 atom stereocenters. The van der Waals surface area contributed by atoms with Gasteiger partial charge in [-0.1, -0.05) is 36.2 Å². The number of non-ortho nitro benzene ring substituents is 1. The van der Waals surface area contributed by atoms with Crippen LogP contribution in [-0.4, -0.2) is 11.0 Å². The minimum Gasteiger partial charge on any atom is -0.310 e. The van der Waals surface area contributed by atoms with Crippen molar-refractivity contribution >= 4 is 21.6 Å². The first-order valence-corrected chi connectivity index (χ1v) is 7.04. The van der Waals surface area contributed by atoms with Gasteiger partial charge in [0, 0.05) is 29.2 Å². The monoisotopic (exact) mass is 314 g/mol. The summed E-state index contributed by atoms with van der Waals surface area (Å²) in [7, 11) is 0. The van der Waals surface area contributed by atoms with Crippen LogP contribution in [0.5, 0.6) is 0 Å². The van der Waals surface area contributed by atoms with E-state index in [9.17, 15) is 10.1 Å². The molecule has 0 radical (unpaired) electrons. The highest BCUT2D eigenvalue weighted by Crippen LogP contribution is 2.23. The fourth-order valence-corrected chi connectivity index (χ4v) is 2.35. The number of halogens is 1. The zero-order chi connectivity index (χ0) is 13.5. The molecule has 1 aromatic carbocycles. The van der Waals surface area contributed by atoms with Crippen molar-refractivity contribution in [3.63, 3.8) is 0 Å². The van der Waals surface area contributed by atoms with E-state index in [0.717, 1.165) is 35.8 Å². The molecular weight excluding hydrogens is 296 g/mol. The van der Waals surface area contributed by atoms with Crippen molar-refractivity contribution in [1.29, 1.82) is 0 Å². The molecule has 0 fully saturated rings. The lowest BCUT2D eigenvalue weighted by Gasteiger charge is -2.16. The zero-order valence-corrected chi connectivity index (χ0v) is 12.4. The Balaban J connectivity index is 2.65. The Bertz CT molecular complexity index is 410. The van der Waals surface area contributed by atoms with Gasteiger partial charge in [0.25, 0.3) is 5.69 Å². The van der Waals surface area contributed by atoms with Crippen LogP contribution in [0.4, 0.5) is 5.69 Å². The van der Waals surface area contributed by atoms with Crippen LogP contribution in [0.2, 0.25) is 0 Å². The quantitative estimate of drug-likeness (QED) is 0.610. The molecule has 0 aliphatic carbocycles. The summed E-state index contributed by atoms with van der Waals surface area (Å²) < 4.78 is 0.788. The summed E-state index contributed by atoms with van der Waals surface area (Å²) in [6.45, 7) is 5.07. The summed E-state index contributed by atoms with van der Waals surface area (Å²) in [6.07, 6.45) is 3.41. The predicted octanol–water partition coefficient (Wildman–Crippen LogP) is 4.03. The zero-order valence-electron chi connectivity index (χ0n) is 10.8. The van der Waals surface area contributed by atoms with Gasteiger partial charge >= 0.3 is 0 Å². The van der Waals surface area contributed by atoms with E-state index in [1.54, 1.807) is 18.2 Å². The normalized spacial score (nSPS) is 12.4. The molecule has 100 valence electrons. The minimum atomic E-state index is -0.381. The van der Waals surface area contributed by atoms with E-state index in [1.165, 1.54) is 0 Å². The topological polar surface area (TPSA) is 55.2 Å². The summed E-state index contributed by atoms with van der Waals surface area (Å²) in [5, 5.41) is 14.1. The summed E-state index contributed by atoms with van der Waals surface area (Å²) in [5.41, 5.74) is 1.17. The van der Waals surface area contributed by atoms with Crippen molar-refractivity contribution in [1.82, 2.24) is 5.32 Å². The molecule has 0 aliphatic heterocycles. The average Bonchev–Trinajstić information content (AvgIpc) is 2.35. The summed E-state index contributed by atoms with van der Waals surface area (Å²) >= 11 is 3.38. The van der Waals surface area contributed by atoms with Crippen molar-refractivity contribution in [2.24, 2.45) is 0 Å². The number of nitro groups is 1. The van der Waals surface area contributed by atoms with Crippen molar-refractivity contribution in [3.05, 3.63) is 38.3 Å². The summed E-state index contributed by atoms with van der Waals surface area (Å²) in [4.78, 5) is 10.3. The van der Waals surface area contributed by atoms with Crippen molar-refractivity contribution in [3.8, 4) is 0 Å². The highest BCUT2D eigenvalue weighted by molar-refractivity contribution is 9.10. The van der Waals surface area contributed by atoms with E-state index >= 15 is 0 Å². The van der Waals surface area contributed by atoms with Gasteiger partial charge in [-0.2, -0.15) is 0 Å². The molecule has 5 heteroatoms. The van der Waals surface area contributed by atoms with Crippen LogP contribution in [-0.2, 0) is 6.54 Å². The van der Waals surface area contributed by atoms with Crippen LogP contribution in [0.1, 0.15) is 38.7 Å². The van der Waals surface area contributed by atoms with Crippen LogP contribution in [0.15, 0.2) is 22.7 Å². The fraction of sp³-hybridized carbons (Fsp3) is 0.538. The van der Waals surface area contributed by atoms with E-state index < -0.39 is 0 Å². The molecule has 1 N–H and O–H groups in total. The molecule has 18 heavy (non-hydrogen) atoms. The molecule has 1 unspecified atom stereocenters. The van der Waals surface area contributed by atoms with Gasteiger partial charge in [0.05, 0.1) is 4.92 Å². The molecule has 0 aromatic heterocycles. The largest absolute Gasteiger partial charge is 0.310 e. The van der Waals surface area contributed by atoms with Gasteiger partial charge in [0.1, 0.15) is 0 Å². The third-order valence-corrected chi connectivity index (χ3v) is 3.70. The Morgan fingerprint density at radius 2 is 2.17 bits per heavy atom. The van der Waals surface area contributed by atoms with Gasteiger partial charge in [-0.05, 0) is 24.5 Å². The van der Waals surface area contributed by atoms with Crippen LogP contribution in [0, 0.1) is 10.1 Å². The van der Waals surface area contributed by atoms with Crippen LogP contribution in [0.25, 0.3) is 0 Å².